The first-order valence-corrected chi connectivity index (χ1v) is 7.97. The van der Waals surface area contributed by atoms with Crippen molar-refractivity contribution < 1.29 is 4.74 Å². The van der Waals surface area contributed by atoms with Crippen molar-refractivity contribution in [3.63, 3.8) is 0 Å². The average molecular weight is 318 g/mol. The van der Waals surface area contributed by atoms with E-state index in [4.69, 9.17) is 16.2 Å². The lowest BCUT2D eigenvalue weighted by molar-refractivity contribution is 0.121. The Morgan fingerprint density at radius 3 is 2.39 bits per heavy atom. The lowest BCUT2D eigenvalue weighted by Gasteiger charge is -2.33. The van der Waals surface area contributed by atoms with E-state index in [-0.39, 0.29) is 5.96 Å². The maximum Gasteiger partial charge on any atom is 0.211 e. The van der Waals surface area contributed by atoms with Crippen molar-refractivity contribution in [2.24, 2.45) is 21.7 Å². The molecule has 1 aromatic carbocycles. The summed E-state index contributed by atoms with van der Waals surface area (Å²) in [5, 5.41) is 7.33. The number of hydrogen-bond acceptors (Lipinski definition) is 5. The fourth-order valence-corrected chi connectivity index (χ4v) is 2.43. The van der Waals surface area contributed by atoms with Crippen LogP contribution in [0.5, 0.6) is 5.75 Å². The average Bonchev–Trinajstić information content (AvgIpc) is 2.57. The largest absolute Gasteiger partial charge is 0.492 e. The second kappa shape index (κ2) is 9.12. The molecule has 1 heterocycles. The van der Waals surface area contributed by atoms with Gasteiger partial charge >= 0.3 is 0 Å². The summed E-state index contributed by atoms with van der Waals surface area (Å²) >= 11 is 0. The van der Waals surface area contributed by atoms with Gasteiger partial charge in [0.2, 0.25) is 5.96 Å². The lowest BCUT2D eigenvalue weighted by atomic mass is 10.2. The first-order valence-electron chi connectivity index (χ1n) is 7.97. The first kappa shape index (κ1) is 17.2. The molecule has 1 saturated heterocycles. The number of hydrogen-bond donors (Lipinski definition) is 2. The van der Waals surface area contributed by atoms with Crippen molar-refractivity contribution >= 4 is 12.2 Å². The highest BCUT2D eigenvalue weighted by molar-refractivity contribution is 5.81. The second-order valence-corrected chi connectivity index (χ2v) is 5.46. The monoisotopic (exact) mass is 318 g/mol. The van der Waals surface area contributed by atoms with Gasteiger partial charge in [-0.05, 0) is 36.4 Å². The van der Waals surface area contributed by atoms with Crippen molar-refractivity contribution in [2.45, 2.75) is 6.92 Å². The Morgan fingerprint density at radius 1 is 1.13 bits per heavy atom. The molecule has 7 heteroatoms. The van der Waals surface area contributed by atoms with E-state index in [1.54, 1.807) is 6.21 Å². The smallest absolute Gasteiger partial charge is 0.211 e. The van der Waals surface area contributed by atoms with Gasteiger partial charge in [-0.1, -0.05) is 6.92 Å². The second-order valence-electron chi connectivity index (χ2n) is 5.46. The highest BCUT2D eigenvalue weighted by atomic mass is 16.5. The Kier molecular flexibility index (Phi) is 6.83. The van der Waals surface area contributed by atoms with E-state index >= 15 is 0 Å². The third kappa shape index (κ3) is 6.25. The molecule has 0 saturated carbocycles. The SMILES string of the molecule is CCN1CCN(CCOc2ccc(C=NN=C(N)N)cc2)CC1. The fraction of sp³-hybridized carbons (Fsp3) is 0.500. The van der Waals surface area contributed by atoms with E-state index in [9.17, 15) is 0 Å². The third-order valence-corrected chi connectivity index (χ3v) is 3.85. The molecule has 4 N–H and O–H groups in total. The molecule has 0 amide bonds. The summed E-state index contributed by atoms with van der Waals surface area (Å²) in [7, 11) is 0. The molecular formula is C16H26N6O. The minimum atomic E-state index is -0.0547. The predicted molar refractivity (Wildman–Crippen MR) is 93.9 cm³/mol. The van der Waals surface area contributed by atoms with Gasteiger partial charge in [0.15, 0.2) is 0 Å². The van der Waals surface area contributed by atoms with E-state index in [2.05, 4.69) is 26.9 Å². The van der Waals surface area contributed by atoms with Gasteiger partial charge in [-0.3, -0.25) is 4.90 Å². The highest BCUT2D eigenvalue weighted by Gasteiger charge is 2.14. The molecule has 0 aromatic heterocycles. The molecule has 0 atom stereocenters. The number of guanidine groups is 1. The molecule has 1 aliphatic rings. The van der Waals surface area contributed by atoms with Gasteiger partial charge in [-0.15, -0.1) is 5.10 Å². The van der Waals surface area contributed by atoms with Crippen molar-refractivity contribution in [3.05, 3.63) is 29.8 Å². The quantitative estimate of drug-likeness (QED) is 0.429. The first-order chi connectivity index (χ1) is 11.2. The number of benzene rings is 1. The van der Waals surface area contributed by atoms with Crippen LogP contribution < -0.4 is 16.2 Å². The van der Waals surface area contributed by atoms with Crippen LogP contribution in [0.15, 0.2) is 34.5 Å². The van der Waals surface area contributed by atoms with Crippen LogP contribution in [0.25, 0.3) is 0 Å². The van der Waals surface area contributed by atoms with Crippen LogP contribution in [0.1, 0.15) is 12.5 Å². The van der Waals surface area contributed by atoms with E-state index in [0.29, 0.717) is 6.61 Å². The maximum atomic E-state index is 5.79. The molecule has 126 valence electrons. The van der Waals surface area contributed by atoms with Crippen molar-refractivity contribution in [1.82, 2.24) is 9.80 Å². The number of likely N-dealkylation sites (N-methyl/N-ethyl adjacent to an activating group) is 1. The van der Waals surface area contributed by atoms with Crippen LogP contribution in [0, 0.1) is 0 Å². The third-order valence-electron chi connectivity index (χ3n) is 3.85. The summed E-state index contributed by atoms with van der Waals surface area (Å²) < 4.78 is 5.79. The zero-order chi connectivity index (χ0) is 16.5. The summed E-state index contributed by atoms with van der Waals surface area (Å²) in [6.45, 7) is 9.57. The number of ether oxygens (including phenoxy) is 1. The molecule has 7 nitrogen and oxygen atoms in total. The molecule has 2 rings (SSSR count). The zero-order valence-corrected chi connectivity index (χ0v) is 13.7. The van der Waals surface area contributed by atoms with Gasteiger partial charge in [0, 0.05) is 32.7 Å². The number of nitrogens with two attached hydrogens (primary N) is 2. The van der Waals surface area contributed by atoms with Crippen LogP contribution >= 0.6 is 0 Å². The number of rotatable bonds is 7. The zero-order valence-electron chi connectivity index (χ0n) is 13.7. The lowest BCUT2D eigenvalue weighted by Crippen LogP contribution is -2.47. The maximum absolute atomic E-state index is 5.79. The van der Waals surface area contributed by atoms with Crippen LogP contribution in [0.4, 0.5) is 0 Å². The van der Waals surface area contributed by atoms with Gasteiger partial charge in [0.25, 0.3) is 0 Å². The molecule has 0 unspecified atom stereocenters. The molecule has 1 aromatic rings. The molecule has 1 aliphatic heterocycles. The number of piperazine rings is 1. The summed E-state index contributed by atoms with van der Waals surface area (Å²) in [6.07, 6.45) is 1.59. The van der Waals surface area contributed by atoms with Crippen molar-refractivity contribution in [1.29, 1.82) is 0 Å². The number of nitrogens with zero attached hydrogens (tertiary/aromatic N) is 4. The summed E-state index contributed by atoms with van der Waals surface area (Å²) in [4.78, 5) is 4.92. The van der Waals surface area contributed by atoms with Crippen molar-refractivity contribution in [2.75, 3.05) is 45.9 Å². The summed E-state index contributed by atoms with van der Waals surface area (Å²) in [6, 6.07) is 7.68. The minimum Gasteiger partial charge on any atom is -0.492 e. The van der Waals surface area contributed by atoms with Crippen LogP contribution in [-0.2, 0) is 0 Å². The Bertz CT molecular complexity index is 516. The Hall–Kier alpha value is -2.12. The van der Waals surface area contributed by atoms with E-state index in [1.807, 2.05) is 24.3 Å². The summed E-state index contributed by atoms with van der Waals surface area (Å²) in [5.41, 5.74) is 11.3. The molecule has 0 spiro atoms. The van der Waals surface area contributed by atoms with Gasteiger partial charge in [-0.25, -0.2) is 0 Å². The van der Waals surface area contributed by atoms with E-state index in [1.165, 1.54) is 0 Å². The fourth-order valence-electron chi connectivity index (χ4n) is 2.43. The molecule has 0 bridgehead atoms. The topological polar surface area (TPSA) is 92.5 Å². The minimum absolute atomic E-state index is 0.0547. The van der Waals surface area contributed by atoms with Gasteiger partial charge < -0.3 is 21.1 Å². The molecule has 0 radical (unpaired) electrons. The van der Waals surface area contributed by atoms with Gasteiger partial charge in [-0.2, -0.15) is 5.10 Å². The Morgan fingerprint density at radius 2 is 1.78 bits per heavy atom. The normalized spacial score (nSPS) is 16.6. The van der Waals surface area contributed by atoms with Gasteiger partial charge in [0.05, 0.1) is 6.21 Å². The molecule has 1 fully saturated rings. The summed E-state index contributed by atoms with van der Waals surface area (Å²) in [5.74, 6) is 0.803. The predicted octanol–water partition coefficient (Wildman–Crippen LogP) is 0.310. The van der Waals surface area contributed by atoms with E-state index in [0.717, 1.165) is 50.6 Å². The highest BCUT2D eigenvalue weighted by Crippen LogP contribution is 2.11. The molecule has 23 heavy (non-hydrogen) atoms. The standard InChI is InChI=1S/C16H26N6O/c1-2-21-7-9-22(10-8-21)11-12-23-15-5-3-14(4-6-15)13-19-20-16(17)18/h3-6,13H,2,7-12H2,1H3,(H4,17,18,20). The van der Waals surface area contributed by atoms with Gasteiger partial charge in [0.1, 0.15) is 12.4 Å². The van der Waals surface area contributed by atoms with Crippen LogP contribution in [0.2, 0.25) is 0 Å². The van der Waals surface area contributed by atoms with Crippen molar-refractivity contribution in [3.8, 4) is 5.75 Å². The molecule has 0 aliphatic carbocycles. The molecular weight excluding hydrogens is 292 g/mol. The Balaban J connectivity index is 1.70. The van der Waals surface area contributed by atoms with E-state index < -0.39 is 0 Å². The van der Waals surface area contributed by atoms with Crippen LogP contribution in [-0.4, -0.2) is 67.8 Å². The van der Waals surface area contributed by atoms with Crippen LogP contribution in [0.3, 0.4) is 0 Å². The Labute approximate surface area is 137 Å².